The number of hydrogen-bond donors (Lipinski definition) is 2. The van der Waals surface area contributed by atoms with Crippen LogP contribution in [0.2, 0.25) is 0 Å². The second-order valence-electron chi connectivity index (χ2n) is 3.84. The highest BCUT2D eigenvalue weighted by atomic mass is 79.9. The van der Waals surface area contributed by atoms with Crippen LogP contribution in [0.4, 0.5) is 5.82 Å². The molecule has 0 unspecified atom stereocenters. The number of sulfonamides is 1. The minimum atomic E-state index is -3.68. The zero-order chi connectivity index (χ0) is 15.2. The Labute approximate surface area is 127 Å². The quantitative estimate of drug-likeness (QED) is 0.407. The lowest BCUT2D eigenvalue weighted by Crippen LogP contribution is -2.34. The van der Waals surface area contributed by atoms with Crippen LogP contribution in [0.1, 0.15) is 13.8 Å². The maximum atomic E-state index is 12.6. The summed E-state index contributed by atoms with van der Waals surface area (Å²) in [4.78, 5) is 3.99. The lowest BCUT2D eigenvalue weighted by atomic mass is 10.5. The molecule has 0 aliphatic heterocycles. The molecule has 1 rings (SSSR count). The van der Waals surface area contributed by atoms with Crippen LogP contribution in [-0.4, -0.2) is 44.0 Å². The molecule has 20 heavy (non-hydrogen) atoms. The van der Waals surface area contributed by atoms with Crippen LogP contribution in [0.3, 0.4) is 0 Å². The first-order chi connectivity index (χ1) is 9.47. The van der Waals surface area contributed by atoms with Crippen molar-refractivity contribution in [3.8, 4) is 0 Å². The Bertz CT molecular complexity index is 538. The van der Waals surface area contributed by atoms with Gasteiger partial charge in [0.15, 0.2) is 5.82 Å². The Kier molecular flexibility index (Phi) is 6.83. The fraction of sp³-hybridized carbons (Fsp3) is 0.545. The second-order valence-corrected chi connectivity index (χ2v) is 6.66. The van der Waals surface area contributed by atoms with E-state index in [1.807, 2.05) is 6.92 Å². The highest BCUT2D eigenvalue weighted by Gasteiger charge is 2.26. The van der Waals surface area contributed by atoms with Gasteiger partial charge in [-0.3, -0.25) is 0 Å². The topological polar surface area (TPSA) is 97.5 Å². The summed E-state index contributed by atoms with van der Waals surface area (Å²) >= 11 is 3.21. The van der Waals surface area contributed by atoms with Gasteiger partial charge in [-0.2, -0.15) is 4.31 Å². The minimum absolute atomic E-state index is 0.0349. The summed E-state index contributed by atoms with van der Waals surface area (Å²) in [6.45, 7) is 5.14. The fourth-order valence-electron chi connectivity index (χ4n) is 1.62. The van der Waals surface area contributed by atoms with E-state index >= 15 is 0 Å². The molecule has 3 N–H and O–H groups in total. The Hall–Kier alpha value is -0.740. The number of halogens is 1. The molecule has 1 aromatic rings. The molecular formula is C11H19BrN4O3S. The van der Waals surface area contributed by atoms with Crippen molar-refractivity contribution in [2.45, 2.75) is 18.7 Å². The number of aromatic nitrogens is 1. The normalized spacial score (nSPS) is 11.8. The van der Waals surface area contributed by atoms with Crippen LogP contribution < -0.4 is 11.3 Å². The zero-order valence-corrected chi connectivity index (χ0v) is 13.9. The molecule has 0 fully saturated rings. The number of anilines is 1. The van der Waals surface area contributed by atoms with Crippen molar-refractivity contribution in [2.24, 2.45) is 5.84 Å². The van der Waals surface area contributed by atoms with Crippen molar-refractivity contribution >= 4 is 31.8 Å². The van der Waals surface area contributed by atoms with E-state index in [1.54, 1.807) is 6.92 Å². The lowest BCUT2D eigenvalue weighted by Gasteiger charge is -2.21. The maximum Gasteiger partial charge on any atom is 0.246 e. The van der Waals surface area contributed by atoms with E-state index in [0.717, 1.165) is 0 Å². The number of likely N-dealkylation sites (N-methyl/N-ethyl adjacent to an activating group) is 1. The Morgan fingerprint density at radius 3 is 2.75 bits per heavy atom. The molecule has 114 valence electrons. The van der Waals surface area contributed by atoms with Crippen molar-refractivity contribution in [1.29, 1.82) is 0 Å². The van der Waals surface area contributed by atoms with E-state index in [1.165, 1.54) is 16.6 Å². The number of hydrazine groups is 1. The van der Waals surface area contributed by atoms with Crippen molar-refractivity contribution in [3.63, 3.8) is 0 Å². The summed E-state index contributed by atoms with van der Waals surface area (Å²) in [5.74, 6) is 5.44. The number of nitrogens with zero attached hydrogens (tertiary/aromatic N) is 2. The first kappa shape index (κ1) is 17.3. The molecule has 0 radical (unpaired) electrons. The first-order valence-electron chi connectivity index (χ1n) is 6.17. The minimum Gasteiger partial charge on any atom is -0.380 e. The average Bonchev–Trinajstić information content (AvgIpc) is 2.43. The third-order valence-electron chi connectivity index (χ3n) is 2.62. The molecule has 0 aromatic carbocycles. The SMILES string of the molecule is CCOCCN(CC)S(=O)(=O)c1cc(Br)cnc1NN. The predicted octanol–water partition coefficient (Wildman–Crippen LogP) is 1.18. The van der Waals surface area contributed by atoms with Gasteiger partial charge in [-0.25, -0.2) is 19.2 Å². The molecule has 9 heteroatoms. The Balaban J connectivity index is 3.10. The summed E-state index contributed by atoms with van der Waals surface area (Å²) in [7, 11) is -3.68. The molecule has 7 nitrogen and oxygen atoms in total. The number of ether oxygens (including phenoxy) is 1. The Morgan fingerprint density at radius 1 is 1.50 bits per heavy atom. The number of rotatable bonds is 8. The molecular weight excluding hydrogens is 348 g/mol. The van der Waals surface area contributed by atoms with Crippen molar-refractivity contribution in [2.75, 3.05) is 31.7 Å². The average molecular weight is 367 g/mol. The van der Waals surface area contributed by atoms with Crippen LogP contribution in [0.15, 0.2) is 21.6 Å². The maximum absolute atomic E-state index is 12.6. The molecule has 0 aliphatic rings. The predicted molar refractivity (Wildman–Crippen MR) is 80.7 cm³/mol. The van der Waals surface area contributed by atoms with Gasteiger partial charge in [0.05, 0.1) is 6.61 Å². The summed E-state index contributed by atoms with van der Waals surface area (Å²) in [6, 6.07) is 1.47. The van der Waals surface area contributed by atoms with Crippen LogP contribution >= 0.6 is 15.9 Å². The molecule has 0 aliphatic carbocycles. The summed E-state index contributed by atoms with van der Waals surface area (Å²) in [5, 5.41) is 0. The highest BCUT2D eigenvalue weighted by Crippen LogP contribution is 2.25. The van der Waals surface area contributed by atoms with E-state index in [-0.39, 0.29) is 17.3 Å². The van der Waals surface area contributed by atoms with Gasteiger partial charge in [0, 0.05) is 30.4 Å². The van der Waals surface area contributed by atoms with Gasteiger partial charge < -0.3 is 10.2 Å². The molecule has 0 spiro atoms. The summed E-state index contributed by atoms with van der Waals surface area (Å²) in [6.07, 6.45) is 1.48. The molecule has 0 saturated carbocycles. The molecule has 1 aromatic heterocycles. The second kappa shape index (κ2) is 7.89. The first-order valence-corrected chi connectivity index (χ1v) is 8.40. The van der Waals surface area contributed by atoms with Crippen LogP contribution in [0, 0.1) is 0 Å². The van der Waals surface area contributed by atoms with Gasteiger partial charge in [0.25, 0.3) is 0 Å². The van der Waals surface area contributed by atoms with E-state index in [4.69, 9.17) is 10.6 Å². The molecule has 0 saturated heterocycles. The van der Waals surface area contributed by atoms with Gasteiger partial charge in [-0.05, 0) is 28.9 Å². The van der Waals surface area contributed by atoms with Crippen LogP contribution in [0.25, 0.3) is 0 Å². The molecule has 0 bridgehead atoms. The van der Waals surface area contributed by atoms with Crippen LogP contribution in [-0.2, 0) is 14.8 Å². The van der Waals surface area contributed by atoms with Gasteiger partial charge >= 0.3 is 0 Å². The van der Waals surface area contributed by atoms with Crippen molar-refractivity contribution in [1.82, 2.24) is 9.29 Å². The third kappa shape index (κ3) is 4.13. The van der Waals surface area contributed by atoms with E-state index in [9.17, 15) is 8.42 Å². The summed E-state index contributed by atoms with van der Waals surface area (Å²) in [5.41, 5.74) is 2.31. The number of nitrogens with one attached hydrogen (secondary N) is 1. The number of nitrogens with two attached hydrogens (primary N) is 1. The molecule has 1 heterocycles. The zero-order valence-electron chi connectivity index (χ0n) is 11.5. The van der Waals surface area contributed by atoms with Gasteiger partial charge in [0.1, 0.15) is 4.90 Å². The fourth-order valence-corrected chi connectivity index (χ4v) is 3.67. The standard InChI is InChI=1S/C11H19BrN4O3S/c1-3-16(5-6-19-4-2)20(17,18)10-7-9(12)8-14-11(10)15-13/h7-8H,3-6,13H2,1-2H3,(H,14,15). The molecule has 0 atom stereocenters. The van der Waals surface area contributed by atoms with Crippen LogP contribution in [0.5, 0.6) is 0 Å². The lowest BCUT2D eigenvalue weighted by molar-refractivity contribution is 0.135. The number of nitrogen functional groups attached to an aromatic ring is 1. The van der Waals surface area contributed by atoms with Gasteiger partial charge in [0.2, 0.25) is 10.0 Å². The monoisotopic (exact) mass is 366 g/mol. The van der Waals surface area contributed by atoms with E-state index in [2.05, 4.69) is 26.3 Å². The highest BCUT2D eigenvalue weighted by molar-refractivity contribution is 9.10. The third-order valence-corrected chi connectivity index (χ3v) is 5.04. The van der Waals surface area contributed by atoms with Crippen molar-refractivity contribution in [3.05, 3.63) is 16.7 Å². The number of pyridine rings is 1. The number of hydrogen-bond acceptors (Lipinski definition) is 6. The molecule has 0 amide bonds. The Morgan fingerprint density at radius 2 is 2.20 bits per heavy atom. The smallest absolute Gasteiger partial charge is 0.246 e. The largest absolute Gasteiger partial charge is 0.380 e. The summed E-state index contributed by atoms with van der Waals surface area (Å²) < 4.78 is 32.3. The van der Waals surface area contributed by atoms with E-state index < -0.39 is 10.0 Å². The van der Waals surface area contributed by atoms with Gasteiger partial charge in [-0.1, -0.05) is 6.92 Å². The van der Waals surface area contributed by atoms with Gasteiger partial charge in [-0.15, -0.1) is 0 Å². The van der Waals surface area contributed by atoms with Crippen molar-refractivity contribution < 1.29 is 13.2 Å². The van der Waals surface area contributed by atoms with E-state index in [0.29, 0.717) is 24.2 Å².